The van der Waals surface area contributed by atoms with Crippen molar-refractivity contribution in [2.45, 2.75) is 18.0 Å². The molecule has 0 unspecified atom stereocenters. The Morgan fingerprint density at radius 3 is 2.25 bits per heavy atom. The van der Waals surface area contributed by atoms with Crippen molar-refractivity contribution in [3.63, 3.8) is 0 Å². The van der Waals surface area contributed by atoms with Crippen LogP contribution in [0.4, 0.5) is 24.5 Å². The van der Waals surface area contributed by atoms with E-state index in [-0.39, 0.29) is 26.4 Å². The van der Waals surface area contributed by atoms with Gasteiger partial charge in [-0.3, -0.25) is 9.52 Å². The van der Waals surface area contributed by atoms with Gasteiger partial charge in [0.1, 0.15) is 11.5 Å². The fourth-order valence-corrected chi connectivity index (χ4v) is 4.44. The zero-order valence-electron chi connectivity index (χ0n) is 18.5. The molecule has 0 saturated heterocycles. The second kappa shape index (κ2) is 11.3. The van der Waals surface area contributed by atoms with E-state index in [0.29, 0.717) is 24.1 Å². The van der Waals surface area contributed by atoms with Gasteiger partial charge in [-0.05, 0) is 67.6 Å². The highest BCUT2D eigenvalue weighted by Gasteiger charge is 2.31. The summed E-state index contributed by atoms with van der Waals surface area (Å²) in [6.07, 6.45) is -4.61. The first kappa shape index (κ1) is 27.4. The summed E-state index contributed by atoms with van der Waals surface area (Å²) in [7, 11) is -3.99. The Morgan fingerprint density at radius 1 is 0.944 bits per heavy atom. The van der Waals surface area contributed by atoms with Gasteiger partial charge in [0.2, 0.25) is 0 Å². The third-order valence-corrected chi connectivity index (χ3v) is 6.56. The van der Waals surface area contributed by atoms with E-state index in [1.54, 1.807) is 12.1 Å². The third kappa shape index (κ3) is 7.19. The standard InChI is InChI=1S/C23H19Cl2F3N2O5S/c1-2-34-16-6-4-15(5-7-16)30-36(32,33)17-8-10-21(19(25)12-17)35-13-22(31)29-20-11-14(23(26,27)28)3-9-18(20)24/h3-12,30H,2,13H2,1H3,(H,29,31). The van der Waals surface area contributed by atoms with Crippen LogP contribution in [0.5, 0.6) is 11.5 Å². The van der Waals surface area contributed by atoms with Gasteiger partial charge in [0.05, 0.1) is 32.8 Å². The second-order valence-corrected chi connectivity index (χ2v) is 9.68. The van der Waals surface area contributed by atoms with Crippen LogP contribution in [0.15, 0.2) is 65.6 Å². The summed E-state index contributed by atoms with van der Waals surface area (Å²) in [6, 6.07) is 12.4. The Hall–Kier alpha value is -3.15. The normalized spacial score (nSPS) is 11.6. The monoisotopic (exact) mass is 562 g/mol. The molecule has 3 aromatic carbocycles. The van der Waals surface area contributed by atoms with Crippen LogP contribution in [0, 0.1) is 0 Å². The number of alkyl halides is 3. The molecule has 2 N–H and O–H groups in total. The van der Waals surface area contributed by atoms with Crippen LogP contribution in [0.25, 0.3) is 0 Å². The van der Waals surface area contributed by atoms with E-state index in [1.807, 2.05) is 6.92 Å². The zero-order chi connectivity index (χ0) is 26.5. The fourth-order valence-electron chi connectivity index (χ4n) is 2.89. The number of sulfonamides is 1. The summed E-state index contributed by atoms with van der Waals surface area (Å²) in [6.45, 7) is 1.67. The van der Waals surface area contributed by atoms with E-state index >= 15 is 0 Å². The third-order valence-electron chi connectivity index (χ3n) is 4.56. The predicted octanol–water partition coefficient (Wildman–Crippen LogP) is 6.23. The molecule has 13 heteroatoms. The van der Waals surface area contributed by atoms with Gasteiger partial charge in [0, 0.05) is 5.69 Å². The highest BCUT2D eigenvalue weighted by molar-refractivity contribution is 7.92. The molecule has 0 radical (unpaired) electrons. The summed E-state index contributed by atoms with van der Waals surface area (Å²) in [5.41, 5.74) is -0.922. The Balaban J connectivity index is 1.64. The number of carbonyl (C=O) groups excluding carboxylic acids is 1. The number of halogens is 5. The Morgan fingerprint density at radius 2 is 1.64 bits per heavy atom. The number of anilines is 2. The lowest BCUT2D eigenvalue weighted by Crippen LogP contribution is -2.21. The first-order chi connectivity index (χ1) is 16.9. The van der Waals surface area contributed by atoms with Gasteiger partial charge in [0.15, 0.2) is 6.61 Å². The summed E-state index contributed by atoms with van der Waals surface area (Å²) >= 11 is 12.0. The van der Waals surface area contributed by atoms with Crippen molar-refractivity contribution in [2.75, 3.05) is 23.3 Å². The van der Waals surface area contributed by atoms with E-state index < -0.39 is 34.3 Å². The summed E-state index contributed by atoms with van der Waals surface area (Å²) in [5, 5.41) is 2.04. The maximum atomic E-state index is 12.9. The molecule has 0 spiro atoms. The van der Waals surface area contributed by atoms with Crippen molar-refractivity contribution in [1.82, 2.24) is 0 Å². The molecule has 192 valence electrons. The smallest absolute Gasteiger partial charge is 0.416 e. The minimum Gasteiger partial charge on any atom is -0.494 e. The molecule has 3 aromatic rings. The lowest BCUT2D eigenvalue weighted by atomic mass is 10.2. The van der Waals surface area contributed by atoms with Crippen LogP contribution in [0.2, 0.25) is 10.0 Å². The van der Waals surface area contributed by atoms with Crippen molar-refractivity contribution in [3.05, 3.63) is 76.3 Å². The zero-order valence-corrected chi connectivity index (χ0v) is 20.9. The highest BCUT2D eigenvalue weighted by atomic mass is 35.5. The quantitative estimate of drug-likeness (QED) is 0.322. The minimum atomic E-state index is -4.61. The molecular formula is C23H19Cl2F3N2O5S. The van der Waals surface area contributed by atoms with Crippen molar-refractivity contribution in [1.29, 1.82) is 0 Å². The topological polar surface area (TPSA) is 93.7 Å². The molecular weight excluding hydrogens is 544 g/mol. The van der Waals surface area contributed by atoms with Crippen molar-refractivity contribution in [3.8, 4) is 11.5 Å². The number of rotatable bonds is 9. The van der Waals surface area contributed by atoms with Crippen molar-refractivity contribution >= 4 is 50.5 Å². The van der Waals surface area contributed by atoms with Crippen LogP contribution >= 0.6 is 23.2 Å². The van der Waals surface area contributed by atoms with Gasteiger partial charge >= 0.3 is 6.18 Å². The number of benzene rings is 3. The first-order valence-electron chi connectivity index (χ1n) is 10.2. The molecule has 0 bridgehead atoms. The molecule has 0 fully saturated rings. The molecule has 0 aromatic heterocycles. The number of hydrogen-bond acceptors (Lipinski definition) is 5. The number of hydrogen-bond donors (Lipinski definition) is 2. The molecule has 1 amide bonds. The van der Waals surface area contributed by atoms with Gasteiger partial charge in [0.25, 0.3) is 15.9 Å². The van der Waals surface area contributed by atoms with Gasteiger partial charge in [-0.25, -0.2) is 8.42 Å². The molecule has 0 aliphatic carbocycles. The van der Waals surface area contributed by atoms with Gasteiger partial charge in [-0.2, -0.15) is 13.2 Å². The Kier molecular flexibility index (Phi) is 8.59. The molecule has 0 aliphatic rings. The average molecular weight is 563 g/mol. The number of ether oxygens (including phenoxy) is 2. The van der Waals surface area contributed by atoms with Gasteiger partial charge < -0.3 is 14.8 Å². The van der Waals surface area contributed by atoms with Gasteiger partial charge in [-0.1, -0.05) is 23.2 Å². The summed E-state index contributed by atoms with van der Waals surface area (Å²) in [4.78, 5) is 12.0. The van der Waals surface area contributed by atoms with Crippen LogP contribution in [-0.4, -0.2) is 27.5 Å². The second-order valence-electron chi connectivity index (χ2n) is 7.18. The maximum absolute atomic E-state index is 12.9. The number of amides is 1. The fraction of sp³-hybridized carbons (Fsp3) is 0.174. The van der Waals surface area contributed by atoms with Crippen LogP contribution < -0.4 is 19.5 Å². The van der Waals surface area contributed by atoms with Crippen molar-refractivity contribution in [2.24, 2.45) is 0 Å². The molecule has 0 heterocycles. The minimum absolute atomic E-state index is 0.0121. The predicted molar refractivity (Wildman–Crippen MR) is 130 cm³/mol. The van der Waals surface area contributed by atoms with Crippen molar-refractivity contribution < 1.29 is 35.9 Å². The maximum Gasteiger partial charge on any atom is 0.416 e. The van der Waals surface area contributed by atoms with E-state index in [9.17, 15) is 26.4 Å². The first-order valence-corrected chi connectivity index (χ1v) is 12.5. The van der Waals surface area contributed by atoms with E-state index in [1.165, 1.54) is 24.3 Å². The molecule has 0 saturated carbocycles. The van der Waals surface area contributed by atoms with Crippen LogP contribution in [-0.2, 0) is 21.0 Å². The lowest BCUT2D eigenvalue weighted by Gasteiger charge is -2.13. The highest BCUT2D eigenvalue weighted by Crippen LogP contribution is 2.34. The largest absolute Gasteiger partial charge is 0.494 e. The van der Waals surface area contributed by atoms with Gasteiger partial charge in [-0.15, -0.1) is 0 Å². The molecule has 7 nitrogen and oxygen atoms in total. The van der Waals surface area contributed by atoms with E-state index in [2.05, 4.69) is 10.0 Å². The molecule has 0 aliphatic heterocycles. The molecule has 3 rings (SSSR count). The van der Waals surface area contributed by atoms with E-state index in [4.69, 9.17) is 32.7 Å². The van der Waals surface area contributed by atoms with Crippen LogP contribution in [0.1, 0.15) is 12.5 Å². The Labute approximate surface area is 215 Å². The number of nitrogens with one attached hydrogen (secondary N) is 2. The number of carbonyl (C=O) groups is 1. The Bertz CT molecular complexity index is 1350. The SMILES string of the molecule is CCOc1ccc(NS(=O)(=O)c2ccc(OCC(=O)Nc3cc(C(F)(F)F)ccc3Cl)c(Cl)c2)cc1. The van der Waals surface area contributed by atoms with Crippen LogP contribution in [0.3, 0.4) is 0 Å². The lowest BCUT2D eigenvalue weighted by molar-refractivity contribution is -0.137. The van der Waals surface area contributed by atoms with E-state index in [0.717, 1.165) is 18.2 Å². The average Bonchev–Trinajstić information content (AvgIpc) is 2.80. The summed E-state index contributed by atoms with van der Waals surface area (Å²) in [5.74, 6) is -0.229. The molecule has 36 heavy (non-hydrogen) atoms. The molecule has 0 atom stereocenters. The summed E-state index contributed by atoms with van der Waals surface area (Å²) < 4.78 is 77.0.